The number of benzene rings is 1. The summed E-state index contributed by atoms with van der Waals surface area (Å²) in [6, 6.07) is 5.62. The molecule has 98 valence electrons. The van der Waals surface area contributed by atoms with Gasteiger partial charge in [-0.25, -0.2) is 0 Å². The van der Waals surface area contributed by atoms with E-state index in [1.807, 2.05) is 12.1 Å². The molecule has 0 saturated carbocycles. The predicted octanol–water partition coefficient (Wildman–Crippen LogP) is 3.16. The molecule has 18 heavy (non-hydrogen) atoms. The van der Waals surface area contributed by atoms with Crippen LogP contribution in [0, 0.1) is 0 Å². The number of hydrogen-bond donors (Lipinski definition) is 0. The molecule has 3 nitrogen and oxygen atoms in total. The highest BCUT2D eigenvalue weighted by Crippen LogP contribution is 2.30. The van der Waals surface area contributed by atoms with Crippen molar-refractivity contribution in [2.75, 3.05) is 24.7 Å². The highest BCUT2D eigenvalue weighted by Gasteiger charge is 2.30. The van der Waals surface area contributed by atoms with Gasteiger partial charge in [0.15, 0.2) is 5.78 Å². The van der Waals surface area contributed by atoms with Gasteiger partial charge in [0.2, 0.25) is 0 Å². The van der Waals surface area contributed by atoms with E-state index in [1.165, 1.54) is 6.92 Å². The van der Waals surface area contributed by atoms with Crippen LogP contribution in [0.1, 0.15) is 31.1 Å². The smallest absolute Gasteiger partial charge is 0.161 e. The summed E-state index contributed by atoms with van der Waals surface area (Å²) in [6.07, 6.45) is 0. The molecule has 1 aromatic rings. The van der Waals surface area contributed by atoms with Gasteiger partial charge in [0.05, 0.1) is 23.8 Å². The second kappa shape index (κ2) is 4.90. The van der Waals surface area contributed by atoms with Gasteiger partial charge in [-0.1, -0.05) is 11.6 Å². The average molecular weight is 268 g/mol. The van der Waals surface area contributed by atoms with Gasteiger partial charge in [0.1, 0.15) is 0 Å². The number of carbonyl (C=O) groups excluding carboxylic acids is 1. The van der Waals surface area contributed by atoms with E-state index < -0.39 is 0 Å². The second-order valence-corrected chi connectivity index (χ2v) is 5.64. The molecule has 1 heterocycles. The molecule has 0 N–H and O–H groups in total. The van der Waals surface area contributed by atoms with Crippen LogP contribution in [0.25, 0.3) is 0 Å². The highest BCUT2D eigenvalue weighted by atomic mass is 35.5. The van der Waals surface area contributed by atoms with E-state index in [0.29, 0.717) is 17.2 Å². The van der Waals surface area contributed by atoms with Crippen molar-refractivity contribution < 1.29 is 9.53 Å². The lowest BCUT2D eigenvalue weighted by atomic mass is 10.0. The second-order valence-electron chi connectivity index (χ2n) is 5.24. The summed E-state index contributed by atoms with van der Waals surface area (Å²) in [5.74, 6) is -0.00668. The van der Waals surface area contributed by atoms with E-state index in [1.54, 1.807) is 6.07 Å². The van der Waals surface area contributed by atoms with Crippen molar-refractivity contribution in [2.45, 2.75) is 26.3 Å². The number of nitrogens with zero attached hydrogens (tertiary/aromatic N) is 1. The predicted molar refractivity (Wildman–Crippen MR) is 73.7 cm³/mol. The molecule has 0 radical (unpaired) electrons. The van der Waals surface area contributed by atoms with Gasteiger partial charge in [0.25, 0.3) is 0 Å². The Hall–Kier alpha value is -1.06. The van der Waals surface area contributed by atoms with Gasteiger partial charge in [-0.3, -0.25) is 4.79 Å². The molecule has 2 rings (SSSR count). The largest absolute Gasteiger partial charge is 0.377 e. The van der Waals surface area contributed by atoms with E-state index in [9.17, 15) is 4.79 Å². The molecular formula is C14H18ClNO2. The van der Waals surface area contributed by atoms with Gasteiger partial charge in [-0.05, 0) is 39.0 Å². The molecule has 1 saturated heterocycles. The van der Waals surface area contributed by atoms with Crippen molar-refractivity contribution in [1.29, 1.82) is 0 Å². The maximum Gasteiger partial charge on any atom is 0.161 e. The monoisotopic (exact) mass is 267 g/mol. The molecule has 0 bridgehead atoms. The molecule has 1 fully saturated rings. The first-order valence-corrected chi connectivity index (χ1v) is 6.45. The number of hydrogen-bond acceptors (Lipinski definition) is 3. The Labute approximate surface area is 113 Å². The van der Waals surface area contributed by atoms with Crippen molar-refractivity contribution in [2.24, 2.45) is 0 Å². The average Bonchev–Trinajstić information content (AvgIpc) is 2.27. The SMILES string of the molecule is CC(=O)c1ccc(N2CCOCC2(C)C)cc1Cl. The molecule has 4 heteroatoms. The van der Waals surface area contributed by atoms with E-state index in [-0.39, 0.29) is 11.3 Å². The molecule has 0 aromatic heterocycles. The summed E-state index contributed by atoms with van der Waals surface area (Å²) in [5, 5.41) is 0.516. The van der Waals surface area contributed by atoms with Gasteiger partial charge in [-0.15, -0.1) is 0 Å². The summed E-state index contributed by atoms with van der Waals surface area (Å²) >= 11 is 6.16. The Morgan fingerprint density at radius 3 is 2.72 bits per heavy atom. The van der Waals surface area contributed by atoms with E-state index in [4.69, 9.17) is 16.3 Å². The van der Waals surface area contributed by atoms with Crippen LogP contribution >= 0.6 is 11.6 Å². The van der Waals surface area contributed by atoms with Crippen LogP contribution in [0.3, 0.4) is 0 Å². The lowest BCUT2D eigenvalue weighted by Gasteiger charge is -2.44. The zero-order valence-corrected chi connectivity index (χ0v) is 11.8. The Morgan fingerprint density at radius 1 is 1.44 bits per heavy atom. The van der Waals surface area contributed by atoms with Crippen LogP contribution in [0.4, 0.5) is 5.69 Å². The van der Waals surface area contributed by atoms with Crippen LogP contribution < -0.4 is 4.90 Å². The van der Waals surface area contributed by atoms with Crippen LogP contribution in [-0.4, -0.2) is 31.1 Å². The van der Waals surface area contributed by atoms with Gasteiger partial charge < -0.3 is 9.64 Å². The van der Waals surface area contributed by atoms with Crippen molar-refractivity contribution in [3.63, 3.8) is 0 Å². The topological polar surface area (TPSA) is 29.5 Å². The molecule has 1 aliphatic heterocycles. The summed E-state index contributed by atoms with van der Waals surface area (Å²) in [4.78, 5) is 13.6. The zero-order chi connectivity index (χ0) is 13.3. The molecule has 1 aromatic carbocycles. The Morgan fingerprint density at radius 2 is 2.17 bits per heavy atom. The number of ketones is 1. The Bertz CT molecular complexity index is 471. The number of Topliss-reactive ketones (excluding diaryl/α,β-unsaturated/α-hetero) is 1. The minimum absolute atomic E-state index is 0.00668. The fraction of sp³-hybridized carbons (Fsp3) is 0.500. The minimum Gasteiger partial charge on any atom is -0.377 e. The van der Waals surface area contributed by atoms with Crippen molar-refractivity contribution >= 4 is 23.1 Å². The number of ether oxygens (including phenoxy) is 1. The van der Waals surface area contributed by atoms with Crippen LogP contribution in [0.5, 0.6) is 0 Å². The van der Waals surface area contributed by atoms with E-state index >= 15 is 0 Å². The molecule has 0 atom stereocenters. The maximum atomic E-state index is 11.4. The highest BCUT2D eigenvalue weighted by molar-refractivity contribution is 6.34. The fourth-order valence-corrected chi connectivity index (χ4v) is 2.60. The molecular weight excluding hydrogens is 250 g/mol. The molecule has 0 unspecified atom stereocenters. The zero-order valence-electron chi connectivity index (χ0n) is 11.0. The summed E-state index contributed by atoms with van der Waals surface area (Å²) in [7, 11) is 0. The third-order valence-corrected chi connectivity index (χ3v) is 3.60. The first kappa shape index (κ1) is 13.4. The normalized spacial score (nSPS) is 18.8. The number of halogens is 1. The van der Waals surface area contributed by atoms with E-state index in [2.05, 4.69) is 18.7 Å². The lowest BCUT2D eigenvalue weighted by Crippen LogP contribution is -2.53. The lowest BCUT2D eigenvalue weighted by molar-refractivity contribution is 0.0644. The third-order valence-electron chi connectivity index (χ3n) is 3.29. The minimum atomic E-state index is -0.0562. The summed E-state index contributed by atoms with van der Waals surface area (Å²) in [6.45, 7) is 8.05. The van der Waals surface area contributed by atoms with Crippen molar-refractivity contribution in [1.82, 2.24) is 0 Å². The molecule has 0 aliphatic carbocycles. The number of anilines is 1. The first-order valence-electron chi connectivity index (χ1n) is 6.08. The van der Waals surface area contributed by atoms with Crippen LogP contribution in [-0.2, 0) is 4.74 Å². The third kappa shape index (κ3) is 2.52. The summed E-state index contributed by atoms with van der Waals surface area (Å²) < 4.78 is 5.50. The van der Waals surface area contributed by atoms with Gasteiger partial charge in [0, 0.05) is 17.8 Å². The molecule has 1 aliphatic rings. The first-order chi connectivity index (χ1) is 8.42. The quantitative estimate of drug-likeness (QED) is 0.771. The number of carbonyl (C=O) groups is 1. The van der Waals surface area contributed by atoms with Gasteiger partial charge >= 0.3 is 0 Å². The molecule has 0 amide bonds. The number of rotatable bonds is 2. The van der Waals surface area contributed by atoms with E-state index in [0.717, 1.165) is 18.8 Å². The van der Waals surface area contributed by atoms with Crippen molar-refractivity contribution in [3.05, 3.63) is 28.8 Å². The number of morpholine rings is 1. The Kier molecular flexibility index (Phi) is 3.64. The molecule has 0 spiro atoms. The fourth-order valence-electron chi connectivity index (χ4n) is 2.29. The van der Waals surface area contributed by atoms with Gasteiger partial charge in [-0.2, -0.15) is 0 Å². The standard InChI is InChI=1S/C14H18ClNO2/c1-10(17)12-5-4-11(8-13(12)15)16-6-7-18-9-14(16,2)3/h4-5,8H,6-7,9H2,1-3H3. The van der Waals surface area contributed by atoms with Crippen LogP contribution in [0.15, 0.2) is 18.2 Å². The maximum absolute atomic E-state index is 11.4. The Balaban J connectivity index is 2.34. The summed E-state index contributed by atoms with van der Waals surface area (Å²) in [5.41, 5.74) is 1.56. The van der Waals surface area contributed by atoms with Crippen LogP contribution in [0.2, 0.25) is 5.02 Å². The van der Waals surface area contributed by atoms with Crippen molar-refractivity contribution in [3.8, 4) is 0 Å².